The van der Waals surface area contributed by atoms with E-state index in [0.29, 0.717) is 17.2 Å². The van der Waals surface area contributed by atoms with Crippen molar-refractivity contribution >= 4 is 5.91 Å². The molecule has 0 aromatic carbocycles. The third-order valence-electron chi connectivity index (χ3n) is 4.58. The summed E-state index contributed by atoms with van der Waals surface area (Å²) < 4.78 is 1.38. The van der Waals surface area contributed by atoms with E-state index in [-0.39, 0.29) is 29.6 Å². The van der Waals surface area contributed by atoms with E-state index in [9.17, 15) is 9.59 Å². The summed E-state index contributed by atoms with van der Waals surface area (Å²) in [7, 11) is 0. The molecule has 0 bridgehead atoms. The highest BCUT2D eigenvalue weighted by molar-refractivity contribution is 5.76. The monoisotopic (exact) mass is 301 g/mol. The molecule has 1 heterocycles. The number of aromatic nitrogens is 1. The molecule has 1 amide bonds. The minimum absolute atomic E-state index is 0.0250. The van der Waals surface area contributed by atoms with E-state index < -0.39 is 0 Å². The Labute approximate surface area is 130 Å². The summed E-state index contributed by atoms with van der Waals surface area (Å²) in [6, 6.07) is 3.89. The van der Waals surface area contributed by atoms with Gasteiger partial charge in [0.25, 0.3) is 5.56 Å². The van der Waals surface area contributed by atoms with Crippen LogP contribution in [0.25, 0.3) is 0 Å². The van der Waals surface area contributed by atoms with Gasteiger partial charge in [-0.1, -0.05) is 19.8 Å². The predicted octanol–water partition coefficient (Wildman–Crippen LogP) is 2.03. The van der Waals surface area contributed by atoms with Gasteiger partial charge in [0.15, 0.2) is 0 Å². The van der Waals surface area contributed by atoms with Crippen molar-refractivity contribution in [2.75, 3.05) is 0 Å². The second kappa shape index (κ2) is 6.78. The summed E-state index contributed by atoms with van der Waals surface area (Å²) in [6.45, 7) is 5.65. The van der Waals surface area contributed by atoms with Crippen LogP contribution in [-0.2, 0) is 11.3 Å². The molecule has 0 unspecified atom stereocenters. The van der Waals surface area contributed by atoms with Crippen molar-refractivity contribution in [2.45, 2.75) is 59.0 Å². The summed E-state index contributed by atoms with van der Waals surface area (Å²) in [5.74, 6) is 0.319. The Hall–Kier alpha value is -2.09. The number of nitriles is 1. The highest BCUT2D eigenvalue weighted by Gasteiger charge is 2.23. The number of hydrogen-bond donors (Lipinski definition) is 1. The van der Waals surface area contributed by atoms with Crippen molar-refractivity contribution in [3.8, 4) is 6.07 Å². The topological polar surface area (TPSA) is 74.9 Å². The van der Waals surface area contributed by atoms with Crippen molar-refractivity contribution in [3.63, 3.8) is 0 Å². The van der Waals surface area contributed by atoms with Gasteiger partial charge in [-0.3, -0.25) is 9.59 Å². The molecule has 0 spiro atoms. The van der Waals surface area contributed by atoms with Gasteiger partial charge in [-0.2, -0.15) is 5.26 Å². The standard InChI is InChI=1S/C17H23N3O2/c1-11-6-4-5-7-15(11)19-16(21)10-20-13(3)8-12(2)14(9-18)17(20)22/h8,11,15H,4-7,10H2,1-3H3,(H,19,21)/t11-,15+/m0/s1. The van der Waals surface area contributed by atoms with Crippen molar-refractivity contribution in [1.29, 1.82) is 5.26 Å². The molecule has 118 valence electrons. The zero-order valence-electron chi connectivity index (χ0n) is 13.5. The molecule has 1 aromatic heterocycles. The summed E-state index contributed by atoms with van der Waals surface area (Å²) >= 11 is 0. The third kappa shape index (κ3) is 3.38. The molecule has 5 heteroatoms. The first-order valence-corrected chi connectivity index (χ1v) is 7.84. The Morgan fingerprint density at radius 3 is 2.73 bits per heavy atom. The summed E-state index contributed by atoms with van der Waals surface area (Å²) in [5.41, 5.74) is 1.09. The largest absolute Gasteiger partial charge is 0.352 e. The molecule has 1 aliphatic rings. The number of nitrogens with one attached hydrogen (secondary N) is 1. The normalized spacial score (nSPS) is 21.2. The quantitative estimate of drug-likeness (QED) is 0.928. The van der Waals surface area contributed by atoms with Crippen LogP contribution >= 0.6 is 0 Å². The number of nitrogens with zero attached hydrogens (tertiary/aromatic N) is 2. The number of amides is 1. The number of hydrogen-bond acceptors (Lipinski definition) is 3. The van der Waals surface area contributed by atoms with E-state index in [2.05, 4.69) is 12.2 Å². The van der Waals surface area contributed by atoms with E-state index in [1.807, 2.05) is 6.07 Å². The second-order valence-electron chi connectivity index (χ2n) is 6.28. The molecular formula is C17H23N3O2. The fourth-order valence-electron chi connectivity index (χ4n) is 3.19. The minimum atomic E-state index is -0.383. The Kier molecular flexibility index (Phi) is 5.02. The summed E-state index contributed by atoms with van der Waals surface area (Å²) in [4.78, 5) is 24.6. The fourth-order valence-corrected chi connectivity index (χ4v) is 3.19. The fraction of sp³-hybridized carbons (Fsp3) is 0.588. The van der Waals surface area contributed by atoms with Gasteiger partial charge in [-0.05, 0) is 44.2 Å². The lowest BCUT2D eigenvalue weighted by Crippen LogP contribution is -2.44. The molecule has 1 fully saturated rings. The van der Waals surface area contributed by atoms with Gasteiger partial charge >= 0.3 is 0 Å². The van der Waals surface area contributed by atoms with Gasteiger partial charge in [0, 0.05) is 11.7 Å². The molecule has 2 atom stereocenters. The molecule has 1 aliphatic carbocycles. The zero-order chi connectivity index (χ0) is 16.3. The van der Waals surface area contributed by atoms with E-state index >= 15 is 0 Å². The predicted molar refractivity (Wildman–Crippen MR) is 84.5 cm³/mol. The van der Waals surface area contributed by atoms with Crippen LogP contribution in [0.3, 0.4) is 0 Å². The van der Waals surface area contributed by atoms with E-state index in [0.717, 1.165) is 19.3 Å². The van der Waals surface area contributed by atoms with Crippen molar-refractivity contribution in [1.82, 2.24) is 9.88 Å². The van der Waals surface area contributed by atoms with Crippen LogP contribution in [0.4, 0.5) is 0 Å². The highest BCUT2D eigenvalue weighted by Crippen LogP contribution is 2.23. The van der Waals surface area contributed by atoms with Crippen molar-refractivity contribution in [2.24, 2.45) is 5.92 Å². The Bertz CT molecular complexity index is 670. The van der Waals surface area contributed by atoms with Crippen LogP contribution in [0.1, 0.15) is 49.4 Å². The van der Waals surface area contributed by atoms with Crippen molar-refractivity contribution < 1.29 is 4.79 Å². The van der Waals surface area contributed by atoms with Crippen LogP contribution < -0.4 is 10.9 Å². The molecule has 0 saturated heterocycles. The van der Waals surface area contributed by atoms with Crippen LogP contribution in [-0.4, -0.2) is 16.5 Å². The molecule has 1 aromatic rings. The van der Waals surface area contributed by atoms with E-state index in [1.54, 1.807) is 19.9 Å². The van der Waals surface area contributed by atoms with Crippen LogP contribution in [0, 0.1) is 31.1 Å². The molecule has 22 heavy (non-hydrogen) atoms. The first-order chi connectivity index (χ1) is 10.4. The number of pyridine rings is 1. The van der Waals surface area contributed by atoms with Crippen LogP contribution in [0.2, 0.25) is 0 Å². The maximum atomic E-state index is 12.3. The Morgan fingerprint density at radius 1 is 1.41 bits per heavy atom. The molecule has 1 saturated carbocycles. The first-order valence-electron chi connectivity index (χ1n) is 7.84. The average Bonchev–Trinajstić information content (AvgIpc) is 2.46. The third-order valence-corrected chi connectivity index (χ3v) is 4.58. The minimum Gasteiger partial charge on any atom is -0.352 e. The first kappa shape index (κ1) is 16.3. The van der Waals surface area contributed by atoms with Gasteiger partial charge in [0.1, 0.15) is 18.2 Å². The van der Waals surface area contributed by atoms with Gasteiger partial charge in [-0.15, -0.1) is 0 Å². The summed E-state index contributed by atoms with van der Waals surface area (Å²) in [6.07, 6.45) is 4.48. The number of carbonyl (C=O) groups is 1. The average molecular weight is 301 g/mol. The van der Waals surface area contributed by atoms with Gasteiger partial charge in [0.05, 0.1) is 0 Å². The maximum Gasteiger partial charge on any atom is 0.269 e. The zero-order valence-corrected chi connectivity index (χ0v) is 13.5. The smallest absolute Gasteiger partial charge is 0.269 e. The molecular weight excluding hydrogens is 278 g/mol. The van der Waals surface area contributed by atoms with Gasteiger partial charge < -0.3 is 9.88 Å². The molecule has 0 aliphatic heterocycles. The molecule has 5 nitrogen and oxygen atoms in total. The van der Waals surface area contributed by atoms with Crippen LogP contribution in [0.5, 0.6) is 0 Å². The van der Waals surface area contributed by atoms with Gasteiger partial charge in [-0.25, -0.2) is 0 Å². The lowest BCUT2D eigenvalue weighted by Gasteiger charge is -2.29. The van der Waals surface area contributed by atoms with E-state index in [1.165, 1.54) is 11.0 Å². The van der Waals surface area contributed by atoms with Gasteiger partial charge in [0.2, 0.25) is 5.91 Å². The SMILES string of the molecule is Cc1cc(C)n(CC(=O)N[C@@H]2CCCC[C@@H]2C)c(=O)c1C#N. The lowest BCUT2D eigenvalue weighted by atomic mass is 9.86. The number of aryl methyl sites for hydroxylation is 2. The number of rotatable bonds is 3. The highest BCUT2D eigenvalue weighted by atomic mass is 16.2. The van der Waals surface area contributed by atoms with E-state index in [4.69, 9.17) is 5.26 Å². The lowest BCUT2D eigenvalue weighted by molar-refractivity contribution is -0.123. The molecule has 2 rings (SSSR count). The number of carbonyl (C=O) groups excluding carboxylic acids is 1. The second-order valence-corrected chi connectivity index (χ2v) is 6.28. The Morgan fingerprint density at radius 2 is 2.09 bits per heavy atom. The van der Waals surface area contributed by atoms with Crippen molar-refractivity contribution in [3.05, 3.63) is 33.2 Å². The summed E-state index contributed by atoms with van der Waals surface area (Å²) in [5, 5.41) is 12.1. The molecule has 1 N–H and O–H groups in total. The Balaban J connectivity index is 2.15. The maximum absolute atomic E-state index is 12.3. The van der Waals surface area contributed by atoms with Crippen LogP contribution in [0.15, 0.2) is 10.9 Å². The molecule has 0 radical (unpaired) electrons.